The molecule has 0 aromatic carbocycles. The summed E-state index contributed by atoms with van der Waals surface area (Å²) in [5.74, 6) is 0.468. The molecule has 0 aromatic rings. The molecule has 2 rings (SSSR count). The van der Waals surface area contributed by atoms with Crippen LogP contribution in [-0.4, -0.2) is 55.7 Å². The predicted octanol–water partition coefficient (Wildman–Crippen LogP) is 0.835. The van der Waals surface area contributed by atoms with Gasteiger partial charge in [-0.25, -0.2) is 5.11 Å². The summed E-state index contributed by atoms with van der Waals surface area (Å²) in [6, 6.07) is 0. The molecule has 0 spiro atoms. The van der Waals surface area contributed by atoms with E-state index in [1.165, 1.54) is 32.6 Å². The van der Waals surface area contributed by atoms with Gasteiger partial charge in [-0.2, -0.15) is 0 Å². The van der Waals surface area contributed by atoms with Gasteiger partial charge >= 0.3 is 0 Å². The molecule has 2 saturated heterocycles. The molecule has 2 aliphatic heterocycles. The van der Waals surface area contributed by atoms with Gasteiger partial charge in [0.1, 0.15) is 0 Å². The van der Waals surface area contributed by atoms with Gasteiger partial charge < -0.3 is 9.80 Å². The maximum Gasteiger partial charge on any atom is 0.0851 e. The molecule has 1 radical (unpaired) electrons. The summed E-state index contributed by atoms with van der Waals surface area (Å²) < 4.78 is 0. The number of nitrogens with zero attached hydrogens (tertiary/aromatic N) is 2. The minimum absolute atomic E-state index is 0.139. The van der Waals surface area contributed by atoms with Gasteiger partial charge in [-0.3, -0.25) is 0 Å². The van der Waals surface area contributed by atoms with Crippen molar-refractivity contribution in [2.24, 2.45) is 5.92 Å². The molecule has 2 aliphatic rings. The van der Waals surface area contributed by atoms with Crippen LogP contribution in [-0.2, 0) is 5.11 Å². The summed E-state index contributed by atoms with van der Waals surface area (Å²) in [5.41, 5.74) is 0. The number of piperidine rings is 1. The van der Waals surface area contributed by atoms with E-state index in [4.69, 9.17) is 0 Å². The molecule has 0 bridgehead atoms. The van der Waals surface area contributed by atoms with Crippen molar-refractivity contribution >= 4 is 0 Å². The topological polar surface area (TPSA) is 26.4 Å². The van der Waals surface area contributed by atoms with Crippen molar-refractivity contribution in [1.82, 2.24) is 9.80 Å². The second kappa shape index (κ2) is 5.10. The Balaban J connectivity index is 1.58. The lowest BCUT2D eigenvalue weighted by molar-refractivity contribution is 0.0805. The van der Waals surface area contributed by atoms with Gasteiger partial charge in [0.2, 0.25) is 0 Å². The minimum atomic E-state index is 0.139. The van der Waals surface area contributed by atoms with Gasteiger partial charge in [0.05, 0.1) is 6.61 Å². The van der Waals surface area contributed by atoms with Gasteiger partial charge in [-0.05, 0) is 51.4 Å². The largest absolute Gasteiger partial charge is 0.302 e. The van der Waals surface area contributed by atoms with Crippen molar-refractivity contribution < 1.29 is 5.11 Å². The quantitative estimate of drug-likeness (QED) is 0.667. The summed E-state index contributed by atoms with van der Waals surface area (Å²) >= 11 is 0. The van der Waals surface area contributed by atoms with Crippen LogP contribution >= 0.6 is 0 Å². The third kappa shape index (κ3) is 2.69. The van der Waals surface area contributed by atoms with E-state index in [0.717, 1.165) is 25.9 Å². The second-order valence-corrected chi connectivity index (χ2v) is 4.65. The van der Waals surface area contributed by atoms with Crippen LogP contribution in [0.25, 0.3) is 0 Å². The fraction of sp³-hybridized carbons (Fsp3) is 1.00. The van der Waals surface area contributed by atoms with E-state index in [1.54, 1.807) is 0 Å². The lowest BCUT2D eigenvalue weighted by Gasteiger charge is -2.35. The molecule has 14 heavy (non-hydrogen) atoms. The molecule has 0 atom stereocenters. The van der Waals surface area contributed by atoms with E-state index >= 15 is 0 Å². The zero-order valence-corrected chi connectivity index (χ0v) is 8.95. The summed E-state index contributed by atoms with van der Waals surface area (Å²) in [7, 11) is 0. The molecule has 2 fully saturated rings. The van der Waals surface area contributed by atoms with Crippen molar-refractivity contribution in [3.63, 3.8) is 0 Å². The molecule has 0 N–H and O–H groups in total. The summed E-state index contributed by atoms with van der Waals surface area (Å²) in [6.07, 6.45) is 3.64. The van der Waals surface area contributed by atoms with Crippen LogP contribution in [0.4, 0.5) is 0 Å². The third-order valence-corrected chi connectivity index (χ3v) is 3.62. The highest BCUT2D eigenvalue weighted by molar-refractivity contribution is 4.74. The fourth-order valence-corrected chi connectivity index (χ4v) is 2.26. The van der Waals surface area contributed by atoms with Gasteiger partial charge in [-0.1, -0.05) is 0 Å². The lowest BCUT2D eigenvalue weighted by atomic mass is 9.98. The van der Waals surface area contributed by atoms with Crippen molar-refractivity contribution in [2.45, 2.75) is 19.3 Å². The molecule has 0 aliphatic carbocycles. The number of likely N-dealkylation sites (tertiary alicyclic amines) is 2. The maximum absolute atomic E-state index is 10.7. The average Bonchev–Trinajstić information content (AvgIpc) is 2.16. The molecule has 2 heterocycles. The van der Waals surface area contributed by atoms with Crippen LogP contribution in [0.1, 0.15) is 19.3 Å². The Morgan fingerprint density at radius 2 is 1.50 bits per heavy atom. The first-order valence-corrected chi connectivity index (χ1v) is 5.91. The van der Waals surface area contributed by atoms with Gasteiger partial charge in [0, 0.05) is 13.1 Å². The Labute approximate surface area is 86.7 Å². The lowest BCUT2D eigenvalue weighted by Crippen LogP contribution is -2.44. The van der Waals surface area contributed by atoms with E-state index in [2.05, 4.69) is 9.80 Å². The molecule has 81 valence electrons. The minimum Gasteiger partial charge on any atom is -0.302 e. The molecule has 0 saturated carbocycles. The van der Waals surface area contributed by atoms with E-state index in [-0.39, 0.29) is 6.61 Å². The highest BCUT2D eigenvalue weighted by Crippen LogP contribution is 2.16. The monoisotopic (exact) mass is 197 g/mol. The van der Waals surface area contributed by atoms with Crippen LogP contribution in [0, 0.1) is 5.92 Å². The van der Waals surface area contributed by atoms with E-state index in [0.29, 0.717) is 5.92 Å². The van der Waals surface area contributed by atoms with Crippen molar-refractivity contribution in [2.75, 3.05) is 45.9 Å². The first kappa shape index (κ1) is 10.4. The standard InChI is InChI=1S/C11H21N2O/c14-10-11-2-6-13(7-3-11)9-8-12-4-1-5-12/h11H,1-10H2. The number of hydrogen-bond donors (Lipinski definition) is 0. The Hall–Kier alpha value is -0.120. The highest BCUT2D eigenvalue weighted by Gasteiger charge is 2.20. The van der Waals surface area contributed by atoms with Gasteiger partial charge in [0.25, 0.3) is 0 Å². The van der Waals surface area contributed by atoms with Crippen molar-refractivity contribution in [1.29, 1.82) is 0 Å². The van der Waals surface area contributed by atoms with Crippen molar-refractivity contribution in [3.8, 4) is 0 Å². The summed E-state index contributed by atoms with van der Waals surface area (Å²) in [4.78, 5) is 5.03. The number of rotatable bonds is 4. The molecular formula is C11H21N2O. The van der Waals surface area contributed by atoms with Crippen LogP contribution in [0.15, 0.2) is 0 Å². The zero-order valence-electron chi connectivity index (χ0n) is 8.95. The Bertz CT molecular complexity index is 163. The van der Waals surface area contributed by atoms with Crippen molar-refractivity contribution in [3.05, 3.63) is 0 Å². The zero-order chi connectivity index (χ0) is 9.80. The van der Waals surface area contributed by atoms with E-state index in [1.807, 2.05) is 0 Å². The van der Waals surface area contributed by atoms with Crippen LogP contribution in [0.3, 0.4) is 0 Å². The molecule has 3 heteroatoms. The maximum atomic E-state index is 10.7. The number of hydrogen-bond acceptors (Lipinski definition) is 2. The average molecular weight is 197 g/mol. The molecule has 0 aromatic heterocycles. The first-order valence-electron chi connectivity index (χ1n) is 5.91. The smallest absolute Gasteiger partial charge is 0.0851 e. The highest BCUT2D eigenvalue weighted by atomic mass is 16.3. The van der Waals surface area contributed by atoms with Crippen LogP contribution in [0.2, 0.25) is 0 Å². The Morgan fingerprint density at radius 1 is 0.929 bits per heavy atom. The molecule has 0 amide bonds. The van der Waals surface area contributed by atoms with E-state index < -0.39 is 0 Å². The van der Waals surface area contributed by atoms with E-state index in [9.17, 15) is 5.11 Å². The molecule has 3 nitrogen and oxygen atoms in total. The first-order chi connectivity index (χ1) is 6.88. The summed E-state index contributed by atoms with van der Waals surface area (Å²) in [5, 5.41) is 10.7. The van der Waals surface area contributed by atoms with Crippen LogP contribution in [0.5, 0.6) is 0 Å². The SMILES string of the molecule is [O]CC1CCN(CCN2CCC2)CC1. The van der Waals surface area contributed by atoms with Gasteiger partial charge in [-0.15, -0.1) is 0 Å². The second-order valence-electron chi connectivity index (χ2n) is 4.65. The normalized spacial score (nSPS) is 26.4. The third-order valence-electron chi connectivity index (χ3n) is 3.62. The summed E-state index contributed by atoms with van der Waals surface area (Å²) in [6.45, 7) is 7.50. The Kier molecular flexibility index (Phi) is 3.79. The molecule has 0 unspecified atom stereocenters. The fourth-order valence-electron chi connectivity index (χ4n) is 2.26. The van der Waals surface area contributed by atoms with Gasteiger partial charge in [0.15, 0.2) is 0 Å². The molecular weight excluding hydrogens is 176 g/mol. The van der Waals surface area contributed by atoms with Crippen LogP contribution < -0.4 is 0 Å². The Morgan fingerprint density at radius 3 is 1.93 bits per heavy atom. The predicted molar refractivity (Wildman–Crippen MR) is 55.8 cm³/mol.